The summed E-state index contributed by atoms with van der Waals surface area (Å²) in [5.41, 5.74) is 5.38. The van der Waals surface area contributed by atoms with Gasteiger partial charge in [-0.1, -0.05) is 0 Å². The maximum Gasteiger partial charge on any atom is 0.387 e. The van der Waals surface area contributed by atoms with Crippen molar-refractivity contribution >= 4 is 29.8 Å². The number of aromatic nitrogens is 1. The van der Waals surface area contributed by atoms with Crippen LogP contribution in [0.3, 0.4) is 0 Å². The van der Waals surface area contributed by atoms with E-state index in [0.717, 1.165) is 6.20 Å². The Labute approximate surface area is 96.4 Å². The molecule has 0 aliphatic carbocycles. The number of nitrogens with one attached hydrogen (secondary N) is 1. The molecule has 0 aliphatic heterocycles. The molecule has 0 saturated heterocycles. The molecule has 8 heteroatoms. The average molecular weight is 254 g/mol. The number of nitrogens with zero attached hydrogens (tertiary/aromatic N) is 1. The smallest absolute Gasteiger partial charge is 0.387 e. The summed E-state index contributed by atoms with van der Waals surface area (Å²) < 4.78 is 27.7. The second-order valence-corrected chi connectivity index (χ2v) is 2.67. The number of ether oxygens (including phenoxy) is 1. The number of amides is 1. The lowest BCUT2D eigenvalue weighted by molar-refractivity contribution is -0.114. The standard InChI is InChI=1S/C8H9F2N3O2.ClH/c1-4(14)13-7-2-5(11)6(3-12-7)15-8(9)10;/h2-3,8H,1H3,(H3,11,12,13,14);1H. The summed E-state index contributed by atoms with van der Waals surface area (Å²) >= 11 is 0. The number of halogens is 3. The highest BCUT2D eigenvalue weighted by molar-refractivity contribution is 5.88. The number of rotatable bonds is 3. The summed E-state index contributed by atoms with van der Waals surface area (Å²) in [6.07, 6.45) is 1.02. The fourth-order valence-electron chi connectivity index (χ4n) is 0.902. The van der Waals surface area contributed by atoms with Gasteiger partial charge in [-0.05, 0) is 0 Å². The number of anilines is 2. The zero-order chi connectivity index (χ0) is 11.4. The van der Waals surface area contributed by atoms with E-state index in [2.05, 4.69) is 15.0 Å². The van der Waals surface area contributed by atoms with Gasteiger partial charge in [-0.15, -0.1) is 12.4 Å². The molecule has 90 valence electrons. The number of alkyl halides is 2. The Kier molecular flexibility index (Phi) is 5.44. The van der Waals surface area contributed by atoms with Gasteiger partial charge in [0, 0.05) is 13.0 Å². The van der Waals surface area contributed by atoms with Crippen molar-refractivity contribution in [3.8, 4) is 5.75 Å². The van der Waals surface area contributed by atoms with Crippen LogP contribution in [0.2, 0.25) is 0 Å². The first-order valence-corrected chi connectivity index (χ1v) is 3.97. The molecule has 0 bridgehead atoms. The summed E-state index contributed by atoms with van der Waals surface area (Å²) in [4.78, 5) is 14.3. The van der Waals surface area contributed by atoms with Crippen molar-refractivity contribution in [2.45, 2.75) is 13.5 Å². The summed E-state index contributed by atoms with van der Waals surface area (Å²) in [6, 6.07) is 1.24. The number of hydrogen-bond acceptors (Lipinski definition) is 4. The summed E-state index contributed by atoms with van der Waals surface area (Å²) in [7, 11) is 0. The lowest BCUT2D eigenvalue weighted by atomic mass is 10.3. The van der Waals surface area contributed by atoms with Gasteiger partial charge in [0.25, 0.3) is 0 Å². The number of nitrogens with two attached hydrogens (primary N) is 1. The van der Waals surface area contributed by atoms with Gasteiger partial charge in [0.05, 0.1) is 11.9 Å². The number of carbonyl (C=O) groups excluding carboxylic acids is 1. The largest absolute Gasteiger partial charge is 0.431 e. The van der Waals surface area contributed by atoms with Gasteiger partial charge in [0.1, 0.15) is 5.82 Å². The van der Waals surface area contributed by atoms with Crippen molar-refractivity contribution in [1.82, 2.24) is 4.98 Å². The van der Waals surface area contributed by atoms with Gasteiger partial charge in [-0.25, -0.2) is 4.98 Å². The number of hydrogen-bond donors (Lipinski definition) is 2. The molecule has 0 aromatic carbocycles. The number of pyridine rings is 1. The molecule has 1 aromatic rings. The third-order valence-electron chi connectivity index (χ3n) is 1.42. The minimum Gasteiger partial charge on any atom is -0.431 e. The minimum atomic E-state index is -2.96. The predicted octanol–water partition coefficient (Wildman–Crippen LogP) is 1.65. The SMILES string of the molecule is CC(=O)Nc1cc(N)c(OC(F)F)cn1.Cl. The summed E-state index contributed by atoms with van der Waals surface area (Å²) in [5, 5.41) is 2.35. The van der Waals surface area contributed by atoms with Crippen molar-refractivity contribution in [2.24, 2.45) is 0 Å². The Bertz CT molecular complexity index is 376. The second-order valence-electron chi connectivity index (χ2n) is 2.67. The van der Waals surface area contributed by atoms with Gasteiger partial charge in [-0.3, -0.25) is 4.79 Å². The topological polar surface area (TPSA) is 77.2 Å². The minimum absolute atomic E-state index is 0. The van der Waals surface area contributed by atoms with Crippen LogP contribution in [-0.2, 0) is 4.79 Å². The first-order valence-electron chi connectivity index (χ1n) is 3.97. The summed E-state index contributed by atoms with van der Waals surface area (Å²) in [5.74, 6) is -0.370. The van der Waals surface area contributed by atoms with Crippen LogP contribution in [0.4, 0.5) is 20.3 Å². The average Bonchev–Trinajstić information content (AvgIpc) is 2.08. The van der Waals surface area contributed by atoms with E-state index in [4.69, 9.17) is 5.73 Å². The molecule has 5 nitrogen and oxygen atoms in total. The number of nitrogen functional groups attached to an aromatic ring is 1. The zero-order valence-electron chi connectivity index (χ0n) is 8.24. The molecule has 0 saturated carbocycles. The van der Waals surface area contributed by atoms with Crippen LogP contribution in [-0.4, -0.2) is 17.5 Å². The molecule has 0 fully saturated rings. The van der Waals surface area contributed by atoms with E-state index in [9.17, 15) is 13.6 Å². The molecule has 16 heavy (non-hydrogen) atoms. The van der Waals surface area contributed by atoms with E-state index >= 15 is 0 Å². The Morgan fingerprint density at radius 3 is 2.69 bits per heavy atom. The van der Waals surface area contributed by atoms with Gasteiger partial charge in [0.15, 0.2) is 5.75 Å². The van der Waals surface area contributed by atoms with Crippen molar-refractivity contribution < 1.29 is 18.3 Å². The van der Waals surface area contributed by atoms with E-state index in [1.54, 1.807) is 0 Å². The monoisotopic (exact) mass is 253 g/mol. The highest BCUT2D eigenvalue weighted by atomic mass is 35.5. The molecular formula is C8H10ClF2N3O2. The first-order chi connectivity index (χ1) is 6.99. The van der Waals surface area contributed by atoms with Crippen LogP contribution in [0.15, 0.2) is 12.3 Å². The van der Waals surface area contributed by atoms with E-state index < -0.39 is 6.61 Å². The van der Waals surface area contributed by atoms with E-state index in [0.29, 0.717) is 0 Å². The highest BCUT2D eigenvalue weighted by Crippen LogP contribution is 2.24. The molecular weight excluding hydrogens is 244 g/mol. The zero-order valence-corrected chi connectivity index (χ0v) is 9.05. The third kappa shape index (κ3) is 4.26. The molecule has 0 unspecified atom stereocenters. The van der Waals surface area contributed by atoms with E-state index in [-0.39, 0.29) is 35.6 Å². The van der Waals surface area contributed by atoms with Crippen molar-refractivity contribution in [1.29, 1.82) is 0 Å². The predicted molar refractivity (Wildman–Crippen MR) is 56.8 cm³/mol. The molecule has 1 amide bonds. The Morgan fingerprint density at radius 2 is 2.25 bits per heavy atom. The first kappa shape index (κ1) is 14.4. The molecule has 1 rings (SSSR count). The molecule has 1 heterocycles. The summed E-state index contributed by atoms with van der Waals surface area (Å²) in [6.45, 7) is -1.66. The van der Waals surface area contributed by atoms with E-state index in [1.807, 2.05) is 0 Å². The highest BCUT2D eigenvalue weighted by Gasteiger charge is 2.09. The lowest BCUT2D eigenvalue weighted by Crippen LogP contribution is -2.09. The van der Waals surface area contributed by atoms with Crippen LogP contribution < -0.4 is 15.8 Å². The normalized spacial score (nSPS) is 9.50. The maximum atomic E-state index is 11.8. The van der Waals surface area contributed by atoms with Crippen molar-refractivity contribution in [3.05, 3.63) is 12.3 Å². The van der Waals surface area contributed by atoms with Gasteiger partial charge in [-0.2, -0.15) is 8.78 Å². The van der Waals surface area contributed by atoms with Crippen molar-refractivity contribution in [3.63, 3.8) is 0 Å². The van der Waals surface area contributed by atoms with Crippen molar-refractivity contribution in [2.75, 3.05) is 11.1 Å². The molecule has 3 N–H and O–H groups in total. The van der Waals surface area contributed by atoms with Gasteiger partial charge >= 0.3 is 6.61 Å². The quantitative estimate of drug-likeness (QED) is 0.859. The number of carbonyl (C=O) groups is 1. The van der Waals surface area contributed by atoms with Crippen LogP contribution in [0.25, 0.3) is 0 Å². The van der Waals surface area contributed by atoms with Gasteiger partial charge in [0.2, 0.25) is 5.91 Å². The Hall–Kier alpha value is -1.63. The van der Waals surface area contributed by atoms with Crippen LogP contribution in [0.1, 0.15) is 6.92 Å². The fraction of sp³-hybridized carbons (Fsp3) is 0.250. The maximum absolute atomic E-state index is 11.8. The molecule has 0 radical (unpaired) electrons. The van der Waals surface area contributed by atoms with Crippen LogP contribution in [0.5, 0.6) is 5.75 Å². The third-order valence-corrected chi connectivity index (χ3v) is 1.42. The fourth-order valence-corrected chi connectivity index (χ4v) is 0.902. The van der Waals surface area contributed by atoms with E-state index in [1.165, 1.54) is 13.0 Å². The second kappa shape index (κ2) is 6.06. The Morgan fingerprint density at radius 1 is 1.62 bits per heavy atom. The molecule has 0 spiro atoms. The van der Waals surface area contributed by atoms with Gasteiger partial charge < -0.3 is 15.8 Å². The molecule has 0 atom stereocenters. The molecule has 0 aliphatic rings. The van der Waals surface area contributed by atoms with Crippen LogP contribution >= 0.6 is 12.4 Å². The lowest BCUT2D eigenvalue weighted by Gasteiger charge is -2.08. The Balaban J connectivity index is 0.00000225. The molecule has 1 aromatic heterocycles. The van der Waals surface area contributed by atoms with Crippen LogP contribution in [0, 0.1) is 0 Å².